The Morgan fingerprint density at radius 3 is 2.88 bits per heavy atom. The number of Topliss-reactive ketones (excluding diaryl/α,β-unsaturated/α-hetero) is 1. The standard InChI is InChI=1S/C14H18O3/c1-14(2,3)17-9-12(15)11-6-4-5-10-7-8-16-13(10)11/h4-6H,7-9H2,1-3H3. The molecule has 1 aliphatic heterocycles. The number of ether oxygens (including phenoxy) is 2. The van der Waals surface area contributed by atoms with Gasteiger partial charge < -0.3 is 9.47 Å². The molecule has 0 saturated heterocycles. The van der Waals surface area contributed by atoms with Gasteiger partial charge in [0.05, 0.1) is 17.8 Å². The van der Waals surface area contributed by atoms with Gasteiger partial charge in [0.15, 0.2) is 5.78 Å². The van der Waals surface area contributed by atoms with Gasteiger partial charge in [-0.05, 0) is 32.4 Å². The van der Waals surface area contributed by atoms with Gasteiger partial charge >= 0.3 is 0 Å². The van der Waals surface area contributed by atoms with Crippen LogP contribution in [0, 0.1) is 0 Å². The lowest BCUT2D eigenvalue weighted by atomic mass is 10.1. The minimum Gasteiger partial charge on any atom is -0.492 e. The van der Waals surface area contributed by atoms with Gasteiger partial charge in [0, 0.05) is 6.42 Å². The van der Waals surface area contributed by atoms with Crippen molar-refractivity contribution in [2.24, 2.45) is 0 Å². The molecule has 0 saturated carbocycles. The Morgan fingerprint density at radius 1 is 1.41 bits per heavy atom. The highest BCUT2D eigenvalue weighted by molar-refractivity contribution is 6.00. The number of para-hydroxylation sites is 1. The number of hydrogen-bond acceptors (Lipinski definition) is 3. The van der Waals surface area contributed by atoms with Crippen LogP contribution < -0.4 is 4.74 Å². The number of fused-ring (bicyclic) bond motifs is 1. The van der Waals surface area contributed by atoms with Crippen molar-refractivity contribution in [2.75, 3.05) is 13.2 Å². The second-order valence-corrected chi connectivity index (χ2v) is 5.22. The zero-order valence-electron chi connectivity index (χ0n) is 10.6. The van der Waals surface area contributed by atoms with Crippen molar-refractivity contribution in [3.05, 3.63) is 29.3 Å². The Bertz CT molecular complexity index is 430. The van der Waals surface area contributed by atoms with E-state index < -0.39 is 0 Å². The first-order valence-corrected chi connectivity index (χ1v) is 5.89. The van der Waals surface area contributed by atoms with Gasteiger partial charge in [0.25, 0.3) is 0 Å². The smallest absolute Gasteiger partial charge is 0.192 e. The van der Waals surface area contributed by atoms with E-state index in [0.29, 0.717) is 12.2 Å². The quantitative estimate of drug-likeness (QED) is 0.754. The van der Waals surface area contributed by atoms with Crippen molar-refractivity contribution in [1.29, 1.82) is 0 Å². The topological polar surface area (TPSA) is 35.5 Å². The summed E-state index contributed by atoms with van der Waals surface area (Å²) in [5.74, 6) is 0.730. The van der Waals surface area contributed by atoms with Crippen molar-refractivity contribution < 1.29 is 14.3 Å². The average molecular weight is 234 g/mol. The lowest BCUT2D eigenvalue weighted by Crippen LogP contribution is -2.23. The lowest BCUT2D eigenvalue weighted by Gasteiger charge is -2.19. The van der Waals surface area contributed by atoms with E-state index in [1.54, 1.807) is 6.07 Å². The van der Waals surface area contributed by atoms with Crippen molar-refractivity contribution in [2.45, 2.75) is 32.8 Å². The molecule has 0 amide bonds. The Hall–Kier alpha value is -1.35. The minimum absolute atomic E-state index is 0.0151. The molecule has 0 atom stereocenters. The van der Waals surface area contributed by atoms with Gasteiger partial charge in [-0.3, -0.25) is 4.79 Å². The summed E-state index contributed by atoms with van der Waals surface area (Å²) in [7, 11) is 0. The van der Waals surface area contributed by atoms with Crippen LogP contribution >= 0.6 is 0 Å². The molecule has 3 heteroatoms. The summed E-state index contributed by atoms with van der Waals surface area (Å²) in [6, 6.07) is 5.71. The van der Waals surface area contributed by atoms with Crippen LogP contribution in [0.2, 0.25) is 0 Å². The number of carbonyl (C=O) groups is 1. The number of hydrogen-bond donors (Lipinski definition) is 0. The molecule has 0 aliphatic carbocycles. The first-order chi connectivity index (χ1) is 7.97. The fraction of sp³-hybridized carbons (Fsp3) is 0.500. The molecule has 0 bridgehead atoms. The predicted molar refractivity (Wildman–Crippen MR) is 65.7 cm³/mol. The summed E-state index contributed by atoms with van der Waals surface area (Å²) in [6.07, 6.45) is 0.885. The monoisotopic (exact) mass is 234 g/mol. The summed E-state index contributed by atoms with van der Waals surface area (Å²) in [4.78, 5) is 12.0. The van der Waals surface area contributed by atoms with Crippen LogP contribution in [-0.4, -0.2) is 24.6 Å². The van der Waals surface area contributed by atoms with Crippen LogP contribution in [0.15, 0.2) is 18.2 Å². The van der Waals surface area contributed by atoms with E-state index in [9.17, 15) is 4.79 Å². The van der Waals surface area contributed by atoms with Gasteiger partial charge in [-0.2, -0.15) is 0 Å². The van der Waals surface area contributed by atoms with Crippen LogP contribution in [0.4, 0.5) is 0 Å². The third-order valence-electron chi connectivity index (χ3n) is 2.65. The molecule has 0 radical (unpaired) electrons. The molecule has 1 heterocycles. The molecule has 3 nitrogen and oxygen atoms in total. The zero-order valence-corrected chi connectivity index (χ0v) is 10.6. The van der Waals surface area contributed by atoms with E-state index in [1.807, 2.05) is 32.9 Å². The van der Waals surface area contributed by atoms with Gasteiger partial charge in [-0.1, -0.05) is 12.1 Å². The largest absolute Gasteiger partial charge is 0.492 e. The SMILES string of the molecule is CC(C)(C)OCC(=O)c1cccc2c1OCC2. The Labute approximate surface area is 102 Å². The highest BCUT2D eigenvalue weighted by Gasteiger charge is 2.21. The van der Waals surface area contributed by atoms with E-state index >= 15 is 0 Å². The molecule has 2 rings (SSSR count). The van der Waals surface area contributed by atoms with Crippen molar-refractivity contribution in [3.63, 3.8) is 0 Å². The first-order valence-electron chi connectivity index (χ1n) is 5.89. The van der Waals surface area contributed by atoms with E-state index in [-0.39, 0.29) is 18.0 Å². The van der Waals surface area contributed by atoms with Crippen LogP contribution in [0.3, 0.4) is 0 Å². The molecule has 17 heavy (non-hydrogen) atoms. The fourth-order valence-corrected chi connectivity index (χ4v) is 1.79. The van der Waals surface area contributed by atoms with E-state index in [2.05, 4.69) is 0 Å². The maximum atomic E-state index is 12.0. The summed E-state index contributed by atoms with van der Waals surface area (Å²) in [5.41, 5.74) is 1.46. The van der Waals surface area contributed by atoms with Crippen molar-refractivity contribution >= 4 is 5.78 Å². The van der Waals surface area contributed by atoms with Crippen LogP contribution in [-0.2, 0) is 11.2 Å². The molecule has 0 aromatic heterocycles. The Kier molecular flexibility index (Phi) is 3.20. The number of rotatable bonds is 3. The van der Waals surface area contributed by atoms with Crippen LogP contribution in [0.1, 0.15) is 36.7 Å². The van der Waals surface area contributed by atoms with E-state index in [4.69, 9.17) is 9.47 Å². The minimum atomic E-state index is -0.297. The molecule has 1 aromatic rings. The number of benzene rings is 1. The lowest BCUT2D eigenvalue weighted by molar-refractivity contribution is 0.00296. The maximum Gasteiger partial charge on any atom is 0.192 e. The molecule has 92 valence electrons. The normalized spacial score (nSPS) is 14.3. The fourth-order valence-electron chi connectivity index (χ4n) is 1.79. The van der Waals surface area contributed by atoms with Crippen LogP contribution in [0.25, 0.3) is 0 Å². The summed E-state index contributed by atoms with van der Waals surface area (Å²) in [5, 5.41) is 0. The second-order valence-electron chi connectivity index (χ2n) is 5.22. The highest BCUT2D eigenvalue weighted by Crippen LogP contribution is 2.29. The third-order valence-corrected chi connectivity index (χ3v) is 2.65. The molecule has 0 N–H and O–H groups in total. The molecular formula is C14H18O3. The predicted octanol–water partition coefficient (Wildman–Crippen LogP) is 2.62. The van der Waals surface area contributed by atoms with Crippen LogP contribution in [0.5, 0.6) is 5.75 Å². The van der Waals surface area contributed by atoms with E-state index in [1.165, 1.54) is 0 Å². The van der Waals surface area contributed by atoms with E-state index in [0.717, 1.165) is 17.7 Å². The number of ketones is 1. The second kappa shape index (κ2) is 4.49. The highest BCUT2D eigenvalue weighted by atomic mass is 16.5. The maximum absolute atomic E-state index is 12.0. The van der Waals surface area contributed by atoms with Gasteiger partial charge in [0.2, 0.25) is 0 Å². The van der Waals surface area contributed by atoms with Gasteiger partial charge in [-0.25, -0.2) is 0 Å². The average Bonchev–Trinajstić information content (AvgIpc) is 2.72. The molecule has 0 unspecified atom stereocenters. The number of carbonyl (C=O) groups excluding carboxylic acids is 1. The molecule has 0 spiro atoms. The summed E-state index contributed by atoms with van der Waals surface area (Å²) < 4.78 is 11.0. The van der Waals surface area contributed by atoms with Crippen molar-refractivity contribution in [3.8, 4) is 5.75 Å². The zero-order chi connectivity index (χ0) is 12.5. The first kappa shape index (κ1) is 12.1. The Balaban J connectivity index is 2.13. The summed E-state index contributed by atoms with van der Waals surface area (Å²) in [6.45, 7) is 6.58. The molecular weight excluding hydrogens is 216 g/mol. The third kappa shape index (κ3) is 2.86. The molecule has 0 fully saturated rings. The summed E-state index contributed by atoms with van der Waals surface area (Å²) >= 11 is 0. The van der Waals surface area contributed by atoms with Crippen molar-refractivity contribution in [1.82, 2.24) is 0 Å². The molecule has 1 aromatic carbocycles. The van der Waals surface area contributed by atoms with Gasteiger partial charge in [0.1, 0.15) is 12.4 Å². The molecule has 1 aliphatic rings. The van der Waals surface area contributed by atoms with Gasteiger partial charge in [-0.15, -0.1) is 0 Å². The Morgan fingerprint density at radius 2 is 2.18 bits per heavy atom.